The molecular weight excluding hydrogens is 235 g/mol. The van der Waals surface area contributed by atoms with Crippen LogP contribution in [0.1, 0.15) is 13.8 Å². The van der Waals surface area contributed by atoms with Crippen LogP contribution in [0.15, 0.2) is 24.3 Å². The molecule has 5 heteroatoms. The third-order valence-electron chi connectivity index (χ3n) is 2.63. The van der Waals surface area contributed by atoms with Crippen LogP contribution in [0, 0.1) is 5.82 Å². The minimum absolute atomic E-state index is 0.338. The fraction of sp³-hybridized carbons (Fsp3) is 0.462. The van der Waals surface area contributed by atoms with Crippen LogP contribution in [0.4, 0.5) is 14.9 Å². The van der Waals surface area contributed by atoms with Crippen LogP contribution in [0.2, 0.25) is 0 Å². The molecule has 0 aliphatic heterocycles. The number of nitrogens with one attached hydrogen (secondary N) is 1. The highest BCUT2D eigenvalue weighted by Crippen LogP contribution is 2.08. The lowest BCUT2D eigenvalue weighted by atomic mass is 10.3. The Morgan fingerprint density at radius 1 is 1.28 bits per heavy atom. The van der Waals surface area contributed by atoms with Crippen molar-refractivity contribution in [3.8, 4) is 0 Å². The predicted octanol–water partition coefficient (Wildman–Crippen LogP) is 2.72. The van der Waals surface area contributed by atoms with Gasteiger partial charge in [0.1, 0.15) is 12.4 Å². The fourth-order valence-corrected chi connectivity index (χ4v) is 1.49. The Labute approximate surface area is 107 Å². The average molecular weight is 254 g/mol. The van der Waals surface area contributed by atoms with Crippen molar-refractivity contribution >= 4 is 11.8 Å². The first-order valence-electron chi connectivity index (χ1n) is 6.07. The van der Waals surface area contributed by atoms with Gasteiger partial charge >= 0.3 is 6.09 Å². The molecule has 0 radical (unpaired) electrons. The molecule has 0 spiro atoms. The van der Waals surface area contributed by atoms with E-state index in [4.69, 9.17) is 4.74 Å². The van der Waals surface area contributed by atoms with Gasteiger partial charge in [-0.15, -0.1) is 0 Å². The van der Waals surface area contributed by atoms with Crippen LogP contribution in [-0.4, -0.2) is 37.2 Å². The van der Waals surface area contributed by atoms with Crippen LogP contribution in [0.25, 0.3) is 0 Å². The van der Waals surface area contributed by atoms with Gasteiger partial charge in [0, 0.05) is 12.2 Å². The molecule has 0 fully saturated rings. The Hall–Kier alpha value is -1.62. The number of hydrogen-bond donors (Lipinski definition) is 1. The first kappa shape index (κ1) is 14.4. The monoisotopic (exact) mass is 254 g/mol. The van der Waals surface area contributed by atoms with Crippen LogP contribution in [0.5, 0.6) is 0 Å². The number of nitrogens with zero attached hydrogens (tertiary/aromatic N) is 1. The topological polar surface area (TPSA) is 41.6 Å². The van der Waals surface area contributed by atoms with E-state index in [-0.39, 0.29) is 5.82 Å². The quantitative estimate of drug-likeness (QED) is 0.848. The molecule has 4 nitrogen and oxygen atoms in total. The second-order valence-electron chi connectivity index (χ2n) is 3.79. The minimum Gasteiger partial charge on any atom is -0.448 e. The van der Waals surface area contributed by atoms with Crippen LogP contribution < -0.4 is 5.32 Å². The van der Waals surface area contributed by atoms with Crippen molar-refractivity contribution in [2.45, 2.75) is 13.8 Å². The summed E-state index contributed by atoms with van der Waals surface area (Å²) in [5, 5.41) is 2.53. The van der Waals surface area contributed by atoms with Gasteiger partial charge in [0.15, 0.2) is 0 Å². The number of carbonyl (C=O) groups excluding carboxylic acids is 1. The molecule has 18 heavy (non-hydrogen) atoms. The molecule has 0 bridgehead atoms. The van der Waals surface area contributed by atoms with Crippen molar-refractivity contribution in [3.05, 3.63) is 30.1 Å². The maximum Gasteiger partial charge on any atom is 0.411 e. The van der Waals surface area contributed by atoms with Crippen LogP contribution in [-0.2, 0) is 4.74 Å². The first-order valence-corrected chi connectivity index (χ1v) is 6.07. The normalized spacial score (nSPS) is 10.4. The molecular formula is C13H19FN2O2. The Morgan fingerprint density at radius 3 is 2.44 bits per heavy atom. The van der Waals surface area contributed by atoms with Crippen LogP contribution in [0.3, 0.4) is 0 Å². The summed E-state index contributed by atoms with van der Waals surface area (Å²) in [5.41, 5.74) is 0.518. The highest BCUT2D eigenvalue weighted by molar-refractivity contribution is 5.84. The predicted molar refractivity (Wildman–Crippen MR) is 69.2 cm³/mol. The molecule has 1 N–H and O–H groups in total. The van der Waals surface area contributed by atoms with Crippen molar-refractivity contribution in [2.24, 2.45) is 0 Å². The molecule has 0 unspecified atom stereocenters. The van der Waals surface area contributed by atoms with Gasteiger partial charge in [0.05, 0.1) is 0 Å². The summed E-state index contributed by atoms with van der Waals surface area (Å²) in [6.45, 7) is 7.03. The van der Waals surface area contributed by atoms with E-state index in [1.54, 1.807) is 0 Å². The molecule has 1 aromatic carbocycles. The number of rotatable bonds is 6. The number of halogens is 1. The molecule has 0 heterocycles. The third kappa shape index (κ3) is 5.14. The van der Waals surface area contributed by atoms with Crippen LogP contribution >= 0.6 is 0 Å². The van der Waals surface area contributed by atoms with Crippen molar-refractivity contribution in [1.29, 1.82) is 0 Å². The van der Waals surface area contributed by atoms with E-state index >= 15 is 0 Å². The highest BCUT2D eigenvalue weighted by Gasteiger charge is 2.04. The first-order chi connectivity index (χ1) is 8.65. The summed E-state index contributed by atoms with van der Waals surface area (Å²) in [6.07, 6.45) is -0.520. The molecule has 0 aliphatic rings. The number of carbonyl (C=O) groups is 1. The van der Waals surface area contributed by atoms with Gasteiger partial charge < -0.3 is 9.64 Å². The van der Waals surface area contributed by atoms with E-state index in [9.17, 15) is 9.18 Å². The van der Waals surface area contributed by atoms with Gasteiger partial charge in [-0.25, -0.2) is 9.18 Å². The zero-order chi connectivity index (χ0) is 13.4. The molecule has 0 aliphatic carbocycles. The van der Waals surface area contributed by atoms with Gasteiger partial charge in [0.2, 0.25) is 0 Å². The number of benzene rings is 1. The SMILES string of the molecule is CCN(CC)CCOC(=O)Nc1ccc(F)cc1. The second-order valence-corrected chi connectivity index (χ2v) is 3.79. The van der Waals surface area contributed by atoms with Gasteiger partial charge in [-0.05, 0) is 37.4 Å². The van der Waals surface area contributed by atoms with Gasteiger partial charge in [0.25, 0.3) is 0 Å². The maximum atomic E-state index is 12.6. The summed E-state index contributed by atoms with van der Waals surface area (Å²) >= 11 is 0. The zero-order valence-electron chi connectivity index (χ0n) is 10.8. The summed E-state index contributed by atoms with van der Waals surface area (Å²) in [4.78, 5) is 13.6. The second kappa shape index (κ2) is 7.66. The molecule has 1 aromatic rings. The van der Waals surface area contributed by atoms with Crippen molar-refractivity contribution < 1.29 is 13.9 Å². The lowest BCUT2D eigenvalue weighted by Gasteiger charge is -2.17. The molecule has 1 rings (SSSR count). The number of anilines is 1. The van der Waals surface area contributed by atoms with E-state index in [1.165, 1.54) is 24.3 Å². The lowest BCUT2D eigenvalue weighted by molar-refractivity contribution is 0.142. The molecule has 1 amide bonds. The van der Waals surface area contributed by atoms with Gasteiger partial charge in [-0.2, -0.15) is 0 Å². The lowest BCUT2D eigenvalue weighted by Crippen LogP contribution is -2.28. The van der Waals surface area contributed by atoms with E-state index in [0.717, 1.165) is 13.1 Å². The van der Waals surface area contributed by atoms with Gasteiger partial charge in [-0.1, -0.05) is 13.8 Å². The molecule has 100 valence electrons. The van der Waals surface area contributed by atoms with Crippen molar-refractivity contribution in [1.82, 2.24) is 4.90 Å². The van der Waals surface area contributed by atoms with Crippen molar-refractivity contribution in [3.63, 3.8) is 0 Å². The molecule has 0 saturated carbocycles. The van der Waals surface area contributed by atoms with E-state index in [1.807, 2.05) is 0 Å². The largest absolute Gasteiger partial charge is 0.448 e. The number of hydrogen-bond acceptors (Lipinski definition) is 3. The zero-order valence-corrected chi connectivity index (χ0v) is 10.8. The fourth-order valence-electron chi connectivity index (χ4n) is 1.49. The number of amides is 1. The summed E-state index contributed by atoms with van der Waals surface area (Å²) < 4.78 is 17.7. The summed E-state index contributed by atoms with van der Waals surface area (Å²) in [7, 11) is 0. The minimum atomic E-state index is -0.520. The summed E-state index contributed by atoms with van der Waals surface area (Å²) in [6, 6.07) is 5.54. The third-order valence-corrected chi connectivity index (χ3v) is 2.63. The Morgan fingerprint density at radius 2 is 1.89 bits per heavy atom. The van der Waals surface area contributed by atoms with Crippen molar-refractivity contribution in [2.75, 3.05) is 31.6 Å². The Bertz CT molecular complexity index is 364. The Kier molecular flexibility index (Phi) is 6.14. The summed E-state index contributed by atoms with van der Waals surface area (Å²) in [5.74, 6) is -0.338. The van der Waals surface area contributed by atoms with E-state index in [0.29, 0.717) is 18.8 Å². The average Bonchev–Trinajstić information content (AvgIpc) is 2.37. The Balaban J connectivity index is 2.27. The van der Waals surface area contributed by atoms with Gasteiger partial charge in [-0.3, -0.25) is 5.32 Å². The highest BCUT2D eigenvalue weighted by atomic mass is 19.1. The number of ether oxygens (including phenoxy) is 1. The maximum absolute atomic E-state index is 12.6. The number of likely N-dealkylation sites (N-methyl/N-ethyl adjacent to an activating group) is 1. The molecule has 0 atom stereocenters. The molecule has 0 saturated heterocycles. The van der Waals surface area contributed by atoms with E-state index < -0.39 is 6.09 Å². The smallest absolute Gasteiger partial charge is 0.411 e. The van der Waals surface area contributed by atoms with E-state index in [2.05, 4.69) is 24.1 Å². The standard InChI is InChI=1S/C13H19FN2O2/c1-3-16(4-2)9-10-18-13(17)15-12-7-5-11(14)6-8-12/h5-8H,3-4,9-10H2,1-2H3,(H,15,17). The molecule has 0 aromatic heterocycles.